The SMILES string of the molecule is COc1ccc(Cl)cc1C(=O)NCCc1ccc(Cl)c(S(N)(=O)=O)c1. The Hall–Kier alpha value is -1.80. The number of carbonyl (C=O) groups is 1. The van der Waals surface area contributed by atoms with E-state index in [1.807, 2.05) is 0 Å². The van der Waals surface area contributed by atoms with Crippen LogP contribution in [-0.4, -0.2) is 28.0 Å². The lowest BCUT2D eigenvalue weighted by Gasteiger charge is -2.10. The molecule has 0 aliphatic carbocycles. The van der Waals surface area contributed by atoms with Crippen molar-refractivity contribution in [3.8, 4) is 5.75 Å². The van der Waals surface area contributed by atoms with Crippen molar-refractivity contribution in [2.24, 2.45) is 5.14 Å². The molecule has 0 aliphatic rings. The maximum absolute atomic E-state index is 12.3. The van der Waals surface area contributed by atoms with Gasteiger partial charge in [0.25, 0.3) is 5.91 Å². The number of rotatable bonds is 6. The first-order valence-corrected chi connectivity index (χ1v) is 9.45. The molecule has 6 nitrogen and oxygen atoms in total. The summed E-state index contributed by atoms with van der Waals surface area (Å²) in [5.41, 5.74) is 0.989. The zero-order chi connectivity index (χ0) is 18.6. The van der Waals surface area contributed by atoms with Crippen LogP contribution in [-0.2, 0) is 16.4 Å². The van der Waals surface area contributed by atoms with Gasteiger partial charge in [-0.3, -0.25) is 4.79 Å². The van der Waals surface area contributed by atoms with E-state index < -0.39 is 10.0 Å². The Morgan fingerprint density at radius 3 is 2.56 bits per heavy atom. The van der Waals surface area contributed by atoms with Crippen molar-refractivity contribution in [2.75, 3.05) is 13.7 Å². The zero-order valence-corrected chi connectivity index (χ0v) is 15.6. The largest absolute Gasteiger partial charge is 0.496 e. The quantitative estimate of drug-likeness (QED) is 0.775. The van der Waals surface area contributed by atoms with Gasteiger partial charge < -0.3 is 10.1 Å². The number of hydrogen-bond donors (Lipinski definition) is 2. The molecule has 0 saturated heterocycles. The Kier molecular flexibility index (Phi) is 6.29. The van der Waals surface area contributed by atoms with Crippen LogP contribution in [0.3, 0.4) is 0 Å². The fourth-order valence-corrected chi connectivity index (χ4v) is 3.46. The Morgan fingerprint density at radius 2 is 1.92 bits per heavy atom. The van der Waals surface area contributed by atoms with Crippen molar-refractivity contribution < 1.29 is 17.9 Å². The summed E-state index contributed by atoms with van der Waals surface area (Å²) in [6, 6.07) is 9.26. The maximum Gasteiger partial charge on any atom is 0.255 e. The molecule has 2 rings (SSSR count). The highest BCUT2D eigenvalue weighted by Crippen LogP contribution is 2.23. The lowest BCUT2D eigenvalue weighted by Crippen LogP contribution is -2.26. The number of ether oxygens (including phenoxy) is 1. The monoisotopic (exact) mass is 402 g/mol. The third-order valence-corrected chi connectivity index (χ3v) is 5.04. The molecule has 0 heterocycles. The van der Waals surface area contributed by atoms with E-state index >= 15 is 0 Å². The molecule has 0 fully saturated rings. The Morgan fingerprint density at radius 1 is 1.20 bits per heavy atom. The second-order valence-electron chi connectivity index (χ2n) is 5.16. The van der Waals surface area contributed by atoms with Gasteiger partial charge in [0.2, 0.25) is 10.0 Å². The van der Waals surface area contributed by atoms with Gasteiger partial charge in [0.15, 0.2) is 0 Å². The molecular formula is C16H16Cl2N2O4S. The average molecular weight is 403 g/mol. The van der Waals surface area contributed by atoms with Crippen molar-refractivity contribution in [1.29, 1.82) is 0 Å². The highest BCUT2D eigenvalue weighted by Gasteiger charge is 2.15. The third-order valence-electron chi connectivity index (χ3n) is 3.41. The molecule has 1 amide bonds. The second kappa shape index (κ2) is 8.05. The fraction of sp³-hybridized carbons (Fsp3) is 0.188. The van der Waals surface area contributed by atoms with Crippen molar-refractivity contribution in [3.05, 3.63) is 57.6 Å². The highest BCUT2D eigenvalue weighted by atomic mass is 35.5. The molecule has 2 aromatic carbocycles. The summed E-state index contributed by atoms with van der Waals surface area (Å²) in [4.78, 5) is 12.1. The van der Waals surface area contributed by atoms with E-state index in [1.165, 1.54) is 25.3 Å². The molecule has 134 valence electrons. The number of primary sulfonamides is 1. The molecule has 0 aromatic heterocycles. The van der Waals surface area contributed by atoms with E-state index in [9.17, 15) is 13.2 Å². The van der Waals surface area contributed by atoms with Gasteiger partial charge in [0.1, 0.15) is 10.6 Å². The van der Waals surface area contributed by atoms with Crippen molar-refractivity contribution in [1.82, 2.24) is 5.32 Å². The number of amides is 1. The summed E-state index contributed by atoms with van der Waals surface area (Å²) in [6.07, 6.45) is 0.397. The average Bonchev–Trinajstić information content (AvgIpc) is 2.55. The summed E-state index contributed by atoms with van der Waals surface area (Å²) in [6.45, 7) is 0.278. The van der Waals surface area contributed by atoms with Gasteiger partial charge in [-0.1, -0.05) is 29.3 Å². The lowest BCUT2D eigenvalue weighted by atomic mass is 10.1. The minimum absolute atomic E-state index is 0.0546. The normalized spacial score (nSPS) is 11.2. The molecule has 0 unspecified atom stereocenters. The van der Waals surface area contributed by atoms with Crippen LogP contribution in [0.25, 0.3) is 0 Å². The topological polar surface area (TPSA) is 98.5 Å². The van der Waals surface area contributed by atoms with Gasteiger partial charge >= 0.3 is 0 Å². The second-order valence-corrected chi connectivity index (χ2v) is 7.53. The van der Waals surface area contributed by atoms with Crippen LogP contribution in [0.4, 0.5) is 0 Å². The first kappa shape index (κ1) is 19.5. The van der Waals surface area contributed by atoms with E-state index in [0.29, 0.717) is 28.3 Å². The number of halogens is 2. The van der Waals surface area contributed by atoms with E-state index in [0.717, 1.165) is 0 Å². The van der Waals surface area contributed by atoms with Gasteiger partial charge in [-0.25, -0.2) is 13.6 Å². The standard InChI is InChI=1S/C16H16Cl2N2O4S/c1-24-14-5-3-11(17)9-12(14)16(21)20-7-6-10-2-4-13(18)15(8-10)25(19,22)23/h2-5,8-9H,6-7H2,1H3,(H,20,21)(H2,19,22,23). The Labute approximate surface area is 155 Å². The first-order valence-electron chi connectivity index (χ1n) is 7.15. The molecule has 0 bridgehead atoms. The predicted octanol–water partition coefficient (Wildman–Crippen LogP) is 2.62. The summed E-state index contributed by atoms with van der Waals surface area (Å²) in [7, 11) is -2.44. The number of nitrogens with one attached hydrogen (secondary N) is 1. The number of carbonyl (C=O) groups excluding carboxylic acids is 1. The van der Waals surface area contributed by atoms with E-state index in [4.69, 9.17) is 33.1 Å². The number of sulfonamides is 1. The van der Waals surface area contributed by atoms with Gasteiger partial charge in [0, 0.05) is 11.6 Å². The number of nitrogens with two attached hydrogens (primary N) is 1. The molecule has 0 aliphatic heterocycles. The van der Waals surface area contributed by atoms with Crippen LogP contribution in [0.15, 0.2) is 41.3 Å². The summed E-state index contributed by atoms with van der Waals surface area (Å²) >= 11 is 11.7. The molecular weight excluding hydrogens is 387 g/mol. The molecule has 0 radical (unpaired) electrons. The minimum atomic E-state index is -3.90. The molecule has 0 atom stereocenters. The molecule has 3 N–H and O–H groups in total. The Bertz CT molecular complexity index is 901. The lowest BCUT2D eigenvalue weighted by molar-refractivity contribution is 0.0951. The Balaban J connectivity index is 2.06. The van der Waals surface area contributed by atoms with Crippen LogP contribution in [0, 0.1) is 0 Å². The van der Waals surface area contributed by atoms with Crippen LogP contribution < -0.4 is 15.2 Å². The zero-order valence-electron chi connectivity index (χ0n) is 13.3. The van der Waals surface area contributed by atoms with Gasteiger partial charge in [-0.15, -0.1) is 0 Å². The molecule has 0 saturated carbocycles. The summed E-state index contributed by atoms with van der Waals surface area (Å²) in [5, 5.41) is 8.32. The van der Waals surface area contributed by atoms with Crippen molar-refractivity contribution in [3.63, 3.8) is 0 Å². The smallest absolute Gasteiger partial charge is 0.255 e. The van der Waals surface area contributed by atoms with Crippen LogP contribution >= 0.6 is 23.2 Å². The summed E-state index contributed by atoms with van der Waals surface area (Å²) < 4.78 is 28.1. The number of hydrogen-bond acceptors (Lipinski definition) is 4. The van der Waals surface area contributed by atoms with Crippen molar-refractivity contribution in [2.45, 2.75) is 11.3 Å². The van der Waals surface area contributed by atoms with E-state index in [-0.39, 0.29) is 22.4 Å². The van der Waals surface area contributed by atoms with E-state index in [2.05, 4.69) is 5.32 Å². The van der Waals surface area contributed by atoms with Gasteiger partial charge in [0.05, 0.1) is 17.7 Å². The number of methoxy groups -OCH3 is 1. The van der Waals surface area contributed by atoms with Gasteiger partial charge in [-0.05, 0) is 42.3 Å². The van der Waals surface area contributed by atoms with Crippen LogP contribution in [0.5, 0.6) is 5.75 Å². The third kappa shape index (κ3) is 5.09. The van der Waals surface area contributed by atoms with Crippen molar-refractivity contribution >= 4 is 39.1 Å². The van der Waals surface area contributed by atoms with E-state index in [1.54, 1.807) is 18.2 Å². The molecule has 0 spiro atoms. The number of benzene rings is 2. The predicted molar refractivity (Wildman–Crippen MR) is 96.9 cm³/mol. The first-order chi connectivity index (χ1) is 11.7. The maximum atomic E-state index is 12.3. The summed E-state index contributed by atoms with van der Waals surface area (Å²) in [5.74, 6) is 0.0601. The minimum Gasteiger partial charge on any atom is -0.496 e. The highest BCUT2D eigenvalue weighted by molar-refractivity contribution is 7.89. The molecule has 25 heavy (non-hydrogen) atoms. The molecule has 9 heteroatoms. The van der Waals surface area contributed by atoms with Gasteiger partial charge in [-0.2, -0.15) is 0 Å². The van der Waals surface area contributed by atoms with Crippen LogP contribution in [0.2, 0.25) is 10.0 Å². The van der Waals surface area contributed by atoms with Crippen LogP contribution in [0.1, 0.15) is 15.9 Å². The molecule has 2 aromatic rings. The fourth-order valence-electron chi connectivity index (χ4n) is 2.19.